The first kappa shape index (κ1) is 11.5. The van der Waals surface area contributed by atoms with Crippen molar-refractivity contribution >= 4 is 0 Å². The lowest BCUT2D eigenvalue weighted by atomic mass is 9.93. The fraction of sp³-hybridized carbons (Fsp3) is 0.667. The Kier molecular flexibility index (Phi) is 4.25. The molecule has 0 radical (unpaired) electrons. The van der Waals surface area contributed by atoms with E-state index >= 15 is 0 Å². The monoisotopic (exact) mass is 221 g/mol. The Balaban J connectivity index is 1.76. The molecule has 0 bridgehead atoms. The third-order valence-electron chi connectivity index (χ3n) is 3.22. The zero-order chi connectivity index (χ0) is 11.2. The number of hydrogen-bond acceptors (Lipinski definition) is 4. The molecule has 1 aliphatic rings. The Morgan fingerprint density at radius 1 is 1.50 bits per heavy atom. The predicted octanol–water partition coefficient (Wildman–Crippen LogP) is 1.38. The fourth-order valence-corrected chi connectivity index (χ4v) is 2.07. The summed E-state index contributed by atoms with van der Waals surface area (Å²) in [5.74, 6) is 0.732. The van der Waals surface area contributed by atoms with Crippen LogP contribution in [0.5, 0.6) is 0 Å². The highest BCUT2D eigenvalue weighted by Gasteiger charge is 2.19. The molecule has 1 unspecified atom stereocenters. The zero-order valence-corrected chi connectivity index (χ0v) is 9.72. The molecule has 16 heavy (non-hydrogen) atoms. The van der Waals surface area contributed by atoms with E-state index in [1.54, 1.807) is 12.5 Å². The van der Waals surface area contributed by atoms with E-state index in [4.69, 9.17) is 4.74 Å². The van der Waals surface area contributed by atoms with Crippen LogP contribution in [0.25, 0.3) is 0 Å². The van der Waals surface area contributed by atoms with Crippen LogP contribution in [-0.2, 0) is 11.3 Å². The van der Waals surface area contributed by atoms with Crippen molar-refractivity contribution in [2.24, 2.45) is 5.92 Å². The minimum atomic E-state index is 0.527. The molecule has 1 aromatic heterocycles. The van der Waals surface area contributed by atoms with Crippen LogP contribution >= 0.6 is 0 Å². The van der Waals surface area contributed by atoms with Gasteiger partial charge in [-0.3, -0.25) is 0 Å². The summed E-state index contributed by atoms with van der Waals surface area (Å²) in [6.07, 6.45) is 5.70. The number of aromatic nitrogens is 2. The van der Waals surface area contributed by atoms with Crippen LogP contribution in [-0.4, -0.2) is 29.2 Å². The van der Waals surface area contributed by atoms with Crippen molar-refractivity contribution in [1.29, 1.82) is 0 Å². The van der Waals surface area contributed by atoms with Gasteiger partial charge in [-0.25, -0.2) is 9.97 Å². The highest BCUT2D eigenvalue weighted by atomic mass is 16.5. The van der Waals surface area contributed by atoms with E-state index in [0.717, 1.165) is 44.2 Å². The highest BCUT2D eigenvalue weighted by molar-refractivity contribution is 4.97. The Morgan fingerprint density at radius 2 is 2.31 bits per heavy atom. The maximum absolute atomic E-state index is 5.36. The Morgan fingerprint density at radius 3 is 3.00 bits per heavy atom. The number of rotatable bonds is 4. The Labute approximate surface area is 96.4 Å². The quantitative estimate of drug-likeness (QED) is 0.834. The first-order valence-corrected chi connectivity index (χ1v) is 5.92. The fourth-order valence-electron chi connectivity index (χ4n) is 2.07. The molecule has 88 valence electrons. The molecular formula is C12H19N3O. The molecule has 4 heteroatoms. The van der Waals surface area contributed by atoms with Crippen LogP contribution < -0.4 is 5.32 Å². The van der Waals surface area contributed by atoms with Gasteiger partial charge in [-0.1, -0.05) is 0 Å². The van der Waals surface area contributed by atoms with Crippen LogP contribution in [0, 0.1) is 5.92 Å². The molecular weight excluding hydrogens is 202 g/mol. The lowest BCUT2D eigenvalue weighted by Crippen LogP contribution is -2.36. The second-order valence-electron chi connectivity index (χ2n) is 4.32. The Hall–Kier alpha value is -1.00. The molecule has 0 saturated carbocycles. The maximum atomic E-state index is 5.36. The number of ether oxygens (including phenoxy) is 1. The summed E-state index contributed by atoms with van der Waals surface area (Å²) < 4.78 is 5.36. The van der Waals surface area contributed by atoms with E-state index in [2.05, 4.69) is 22.2 Å². The maximum Gasteiger partial charge on any atom is 0.115 e. The summed E-state index contributed by atoms with van der Waals surface area (Å²) >= 11 is 0. The molecule has 1 fully saturated rings. The summed E-state index contributed by atoms with van der Waals surface area (Å²) in [6.45, 7) is 4.88. The topological polar surface area (TPSA) is 47.0 Å². The van der Waals surface area contributed by atoms with Gasteiger partial charge in [-0.05, 0) is 31.7 Å². The molecule has 1 aromatic rings. The van der Waals surface area contributed by atoms with Gasteiger partial charge >= 0.3 is 0 Å². The van der Waals surface area contributed by atoms with Gasteiger partial charge in [0.15, 0.2) is 0 Å². The molecule has 0 aliphatic carbocycles. The molecule has 1 aliphatic heterocycles. The van der Waals surface area contributed by atoms with Crippen molar-refractivity contribution in [3.05, 3.63) is 24.3 Å². The molecule has 1 saturated heterocycles. The number of nitrogens with one attached hydrogen (secondary N) is 1. The van der Waals surface area contributed by atoms with E-state index in [1.165, 1.54) is 0 Å². The summed E-state index contributed by atoms with van der Waals surface area (Å²) in [5, 5.41) is 3.52. The Bertz CT molecular complexity index is 298. The summed E-state index contributed by atoms with van der Waals surface area (Å²) in [7, 11) is 0. The summed E-state index contributed by atoms with van der Waals surface area (Å²) in [4.78, 5) is 8.10. The van der Waals surface area contributed by atoms with Gasteiger partial charge in [0, 0.05) is 32.0 Å². The third kappa shape index (κ3) is 3.25. The highest BCUT2D eigenvalue weighted by Crippen LogP contribution is 2.18. The molecule has 1 N–H and O–H groups in total. The lowest BCUT2D eigenvalue weighted by molar-refractivity contribution is 0.0557. The van der Waals surface area contributed by atoms with Gasteiger partial charge in [0.2, 0.25) is 0 Å². The second-order valence-corrected chi connectivity index (χ2v) is 4.32. The van der Waals surface area contributed by atoms with Crippen LogP contribution in [0.4, 0.5) is 0 Å². The van der Waals surface area contributed by atoms with Crippen LogP contribution in [0.2, 0.25) is 0 Å². The molecule has 2 heterocycles. The van der Waals surface area contributed by atoms with E-state index in [0.29, 0.717) is 6.04 Å². The molecule has 1 atom stereocenters. The van der Waals surface area contributed by atoms with Crippen LogP contribution in [0.3, 0.4) is 0 Å². The van der Waals surface area contributed by atoms with Crippen molar-refractivity contribution in [3.8, 4) is 0 Å². The molecule has 0 amide bonds. The van der Waals surface area contributed by atoms with Gasteiger partial charge in [-0.15, -0.1) is 0 Å². The minimum Gasteiger partial charge on any atom is -0.381 e. The van der Waals surface area contributed by atoms with Crippen molar-refractivity contribution in [3.63, 3.8) is 0 Å². The molecule has 4 nitrogen and oxygen atoms in total. The van der Waals surface area contributed by atoms with Gasteiger partial charge in [0.25, 0.3) is 0 Å². The van der Waals surface area contributed by atoms with E-state index < -0.39 is 0 Å². The van der Waals surface area contributed by atoms with Gasteiger partial charge < -0.3 is 10.1 Å². The van der Waals surface area contributed by atoms with Crippen LogP contribution in [0.15, 0.2) is 18.6 Å². The van der Waals surface area contributed by atoms with E-state index in [-0.39, 0.29) is 0 Å². The predicted molar refractivity (Wildman–Crippen MR) is 61.9 cm³/mol. The average Bonchev–Trinajstić information content (AvgIpc) is 2.38. The van der Waals surface area contributed by atoms with Crippen molar-refractivity contribution in [1.82, 2.24) is 15.3 Å². The van der Waals surface area contributed by atoms with E-state index in [9.17, 15) is 0 Å². The van der Waals surface area contributed by atoms with Crippen molar-refractivity contribution < 1.29 is 4.74 Å². The second kappa shape index (κ2) is 5.92. The van der Waals surface area contributed by atoms with Gasteiger partial charge in [0.05, 0.1) is 5.69 Å². The molecule has 0 spiro atoms. The molecule has 0 aromatic carbocycles. The van der Waals surface area contributed by atoms with Gasteiger partial charge in [-0.2, -0.15) is 0 Å². The standard InChI is InChI=1S/C12H19N3O/c1-10(11-3-6-16-7-4-11)14-8-12-2-5-13-9-15-12/h2,5,9-11,14H,3-4,6-8H2,1H3. The summed E-state index contributed by atoms with van der Waals surface area (Å²) in [6, 6.07) is 2.47. The van der Waals surface area contributed by atoms with Crippen molar-refractivity contribution in [2.45, 2.75) is 32.4 Å². The largest absolute Gasteiger partial charge is 0.381 e. The third-order valence-corrected chi connectivity index (χ3v) is 3.22. The first-order valence-electron chi connectivity index (χ1n) is 5.92. The average molecular weight is 221 g/mol. The smallest absolute Gasteiger partial charge is 0.115 e. The number of hydrogen-bond donors (Lipinski definition) is 1. The summed E-state index contributed by atoms with van der Waals surface area (Å²) in [5.41, 5.74) is 1.05. The zero-order valence-electron chi connectivity index (χ0n) is 9.72. The van der Waals surface area contributed by atoms with Gasteiger partial charge in [0.1, 0.15) is 6.33 Å². The number of nitrogens with zero attached hydrogens (tertiary/aromatic N) is 2. The lowest BCUT2D eigenvalue weighted by Gasteiger charge is -2.28. The molecule has 2 rings (SSSR count). The first-order chi connectivity index (χ1) is 7.86. The van der Waals surface area contributed by atoms with Crippen molar-refractivity contribution in [2.75, 3.05) is 13.2 Å². The van der Waals surface area contributed by atoms with E-state index in [1.807, 2.05) is 6.07 Å². The van der Waals surface area contributed by atoms with Crippen LogP contribution in [0.1, 0.15) is 25.5 Å². The SMILES string of the molecule is CC(NCc1ccncn1)C1CCOCC1. The normalized spacial score (nSPS) is 19.6. The minimum absolute atomic E-state index is 0.527.